The molecule has 1 aromatic heterocycles. The van der Waals surface area contributed by atoms with Gasteiger partial charge in [-0.1, -0.05) is 24.3 Å². The van der Waals surface area contributed by atoms with Crippen molar-refractivity contribution < 1.29 is 27.5 Å². The lowest BCUT2D eigenvalue weighted by Crippen LogP contribution is -2.35. The maximum Gasteiger partial charge on any atom is 0.265 e. The number of carbonyl (C=O) groups is 2. The summed E-state index contributed by atoms with van der Waals surface area (Å²) in [6.07, 6.45) is 4.67. The summed E-state index contributed by atoms with van der Waals surface area (Å²) in [5.74, 6) is 0.0950. The Morgan fingerprint density at radius 3 is 2.37 bits per heavy atom. The van der Waals surface area contributed by atoms with Crippen LogP contribution in [-0.4, -0.2) is 70.5 Å². The third-order valence-electron chi connectivity index (χ3n) is 7.60. The highest BCUT2D eigenvalue weighted by Crippen LogP contribution is 2.32. The van der Waals surface area contributed by atoms with E-state index in [1.807, 2.05) is 17.0 Å². The van der Waals surface area contributed by atoms with Gasteiger partial charge in [-0.3, -0.25) is 14.3 Å². The number of likely N-dealkylation sites (tertiary alicyclic amines) is 1. The maximum atomic E-state index is 13.6. The summed E-state index contributed by atoms with van der Waals surface area (Å²) in [4.78, 5) is 31.5. The lowest BCUT2D eigenvalue weighted by Gasteiger charge is -2.26. The number of pyridine rings is 1. The van der Waals surface area contributed by atoms with E-state index in [9.17, 15) is 18.0 Å². The normalized spacial score (nSPS) is 13.0. The molecule has 0 bridgehead atoms. The molecule has 12 heteroatoms. The minimum absolute atomic E-state index is 0.0193. The highest BCUT2D eigenvalue weighted by molar-refractivity contribution is 7.92. The Morgan fingerprint density at radius 2 is 1.59 bits per heavy atom. The number of nitrogens with one attached hydrogen (secondary N) is 3. The van der Waals surface area contributed by atoms with Gasteiger partial charge in [0.2, 0.25) is 5.88 Å². The van der Waals surface area contributed by atoms with Gasteiger partial charge in [-0.15, -0.1) is 0 Å². The second kappa shape index (κ2) is 14.8. The summed E-state index contributed by atoms with van der Waals surface area (Å²) in [5.41, 5.74) is 3.26. The molecule has 2 heterocycles. The molecule has 11 nitrogen and oxygen atoms in total. The van der Waals surface area contributed by atoms with Gasteiger partial charge in [-0.2, -0.15) is 0 Å². The topological polar surface area (TPSA) is 139 Å². The van der Waals surface area contributed by atoms with Crippen LogP contribution in [0.15, 0.2) is 90.0 Å². The van der Waals surface area contributed by atoms with Gasteiger partial charge in [0.25, 0.3) is 21.8 Å². The number of anilines is 2. The van der Waals surface area contributed by atoms with Crippen LogP contribution in [0.5, 0.6) is 11.6 Å². The second-order valence-electron chi connectivity index (χ2n) is 10.7. The summed E-state index contributed by atoms with van der Waals surface area (Å²) in [5, 5.41) is 5.99. The van der Waals surface area contributed by atoms with Gasteiger partial charge in [0.15, 0.2) is 0 Å². The summed E-state index contributed by atoms with van der Waals surface area (Å²) in [6.45, 7) is 2.19. The van der Waals surface area contributed by atoms with E-state index >= 15 is 0 Å². The van der Waals surface area contributed by atoms with Crippen molar-refractivity contribution in [1.82, 2.24) is 15.2 Å². The summed E-state index contributed by atoms with van der Waals surface area (Å²) in [6, 6.07) is 22.3. The van der Waals surface area contributed by atoms with Gasteiger partial charge in [0.05, 0.1) is 19.9 Å². The van der Waals surface area contributed by atoms with Crippen LogP contribution < -0.4 is 24.8 Å². The molecule has 0 saturated carbocycles. The van der Waals surface area contributed by atoms with Gasteiger partial charge >= 0.3 is 0 Å². The number of rotatable bonds is 12. The van der Waals surface area contributed by atoms with Crippen molar-refractivity contribution >= 4 is 33.2 Å². The van der Waals surface area contributed by atoms with Crippen molar-refractivity contribution in [3.8, 4) is 22.8 Å². The zero-order valence-electron chi connectivity index (χ0n) is 25.8. The first-order valence-corrected chi connectivity index (χ1v) is 16.5. The number of hydrogen-bond donors (Lipinski definition) is 3. The van der Waals surface area contributed by atoms with E-state index in [2.05, 4.69) is 20.3 Å². The summed E-state index contributed by atoms with van der Waals surface area (Å²) in [7, 11) is -1.21. The monoisotopic (exact) mass is 643 g/mol. The molecule has 46 heavy (non-hydrogen) atoms. The highest BCUT2D eigenvalue weighted by atomic mass is 32.2. The fourth-order valence-corrected chi connectivity index (χ4v) is 6.53. The zero-order valence-corrected chi connectivity index (χ0v) is 26.6. The standard InChI is InChI=1S/C34H37N5O6S/c1-44-30-15-14-25(24-9-6-10-26(21-24)34(41)39-19-4-3-5-20-39)22-31(30)46(42,43)38-28-12-7-11-27(23-28)35-17-18-36-32(40)29-13-8-16-37-33(29)45-2/h6-16,21-23,35,38H,3-5,17-20H2,1-2H3,(H,36,40). The number of amides is 2. The minimum Gasteiger partial charge on any atom is -0.495 e. The molecule has 3 aromatic carbocycles. The SMILES string of the molecule is COc1ccc(-c2cccc(C(=O)N3CCCCC3)c2)cc1S(=O)(=O)Nc1cccc(NCCNC(=O)c2cccnc2OC)c1. The number of aromatic nitrogens is 1. The molecule has 0 unspecified atom stereocenters. The molecule has 240 valence electrons. The lowest BCUT2D eigenvalue weighted by atomic mass is 10.0. The van der Waals surface area contributed by atoms with Crippen LogP contribution in [0.2, 0.25) is 0 Å². The van der Waals surface area contributed by atoms with Crippen molar-refractivity contribution in [1.29, 1.82) is 0 Å². The molecule has 5 rings (SSSR count). The average molecular weight is 644 g/mol. The van der Waals surface area contributed by atoms with E-state index in [0.29, 0.717) is 41.2 Å². The van der Waals surface area contributed by atoms with Crippen LogP contribution in [0, 0.1) is 0 Å². The Kier molecular flexibility index (Phi) is 10.4. The average Bonchev–Trinajstić information content (AvgIpc) is 3.09. The van der Waals surface area contributed by atoms with Gasteiger partial charge in [-0.05, 0) is 85.0 Å². The summed E-state index contributed by atoms with van der Waals surface area (Å²) >= 11 is 0. The number of ether oxygens (including phenoxy) is 2. The smallest absolute Gasteiger partial charge is 0.265 e. The van der Waals surface area contributed by atoms with Gasteiger partial charge in [-0.25, -0.2) is 13.4 Å². The molecule has 0 atom stereocenters. The first-order valence-electron chi connectivity index (χ1n) is 15.0. The van der Waals surface area contributed by atoms with Crippen molar-refractivity contribution in [2.24, 2.45) is 0 Å². The van der Waals surface area contributed by atoms with Crippen LogP contribution in [0.3, 0.4) is 0 Å². The Bertz CT molecular complexity index is 1810. The molecule has 0 aliphatic carbocycles. The van der Waals surface area contributed by atoms with Crippen LogP contribution in [-0.2, 0) is 10.0 Å². The van der Waals surface area contributed by atoms with Crippen LogP contribution in [0.4, 0.5) is 11.4 Å². The largest absolute Gasteiger partial charge is 0.495 e. The van der Waals surface area contributed by atoms with Crippen LogP contribution in [0.1, 0.15) is 40.0 Å². The predicted molar refractivity (Wildman–Crippen MR) is 177 cm³/mol. The number of piperidine rings is 1. The van der Waals surface area contributed by atoms with Crippen LogP contribution >= 0.6 is 0 Å². The van der Waals surface area contributed by atoms with Crippen LogP contribution in [0.25, 0.3) is 11.1 Å². The number of benzene rings is 3. The third kappa shape index (κ3) is 7.75. The van der Waals surface area contributed by atoms with Gasteiger partial charge in [0.1, 0.15) is 16.2 Å². The molecule has 0 spiro atoms. The quantitative estimate of drug-likeness (QED) is 0.183. The predicted octanol–water partition coefficient (Wildman–Crippen LogP) is 5.03. The molecule has 0 radical (unpaired) electrons. The van der Waals surface area contributed by atoms with E-state index < -0.39 is 10.0 Å². The summed E-state index contributed by atoms with van der Waals surface area (Å²) < 4.78 is 40.5. The van der Waals surface area contributed by atoms with E-state index in [4.69, 9.17) is 9.47 Å². The number of carbonyl (C=O) groups excluding carboxylic acids is 2. The second-order valence-corrected chi connectivity index (χ2v) is 12.4. The first kappa shape index (κ1) is 32.3. The molecule has 1 fully saturated rings. The molecule has 1 saturated heterocycles. The van der Waals surface area contributed by atoms with Crippen molar-refractivity contribution in [2.45, 2.75) is 24.2 Å². The van der Waals surface area contributed by atoms with Crippen molar-refractivity contribution in [2.75, 3.05) is 50.4 Å². The minimum atomic E-state index is -4.07. The van der Waals surface area contributed by atoms with Gasteiger partial charge < -0.3 is 25.0 Å². The molecule has 4 aromatic rings. The number of methoxy groups -OCH3 is 2. The lowest BCUT2D eigenvalue weighted by molar-refractivity contribution is 0.0724. The number of sulfonamides is 1. The highest BCUT2D eigenvalue weighted by Gasteiger charge is 2.22. The first-order chi connectivity index (χ1) is 22.3. The van der Waals surface area contributed by atoms with Gasteiger partial charge in [0, 0.05) is 43.6 Å². The zero-order chi connectivity index (χ0) is 32.5. The van der Waals surface area contributed by atoms with Crippen molar-refractivity contribution in [3.63, 3.8) is 0 Å². The molecule has 2 amide bonds. The number of nitrogens with zero attached hydrogens (tertiary/aromatic N) is 2. The van der Waals surface area contributed by atoms with E-state index in [1.165, 1.54) is 14.2 Å². The molecule has 3 N–H and O–H groups in total. The molecular formula is C34H37N5O6S. The van der Waals surface area contributed by atoms with E-state index in [0.717, 1.165) is 37.9 Å². The fourth-order valence-electron chi connectivity index (χ4n) is 5.28. The maximum absolute atomic E-state index is 13.6. The Labute approximate surface area is 269 Å². The fraction of sp³-hybridized carbons (Fsp3) is 0.265. The molecular weight excluding hydrogens is 606 g/mol. The molecule has 1 aliphatic heterocycles. The van der Waals surface area contributed by atoms with E-state index in [-0.39, 0.29) is 28.3 Å². The number of hydrogen-bond acceptors (Lipinski definition) is 8. The van der Waals surface area contributed by atoms with Crippen molar-refractivity contribution in [3.05, 3.63) is 96.2 Å². The Morgan fingerprint density at radius 1 is 0.826 bits per heavy atom. The van der Waals surface area contributed by atoms with E-state index in [1.54, 1.807) is 72.9 Å². The Balaban J connectivity index is 1.26. The molecule has 1 aliphatic rings. The Hall–Kier alpha value is -5.10. The third-order valence-corrected chi connectivity index (χ3v) is 9.01.